The van der Waals surface area contributed by atoms with E-state index in [9.17, 15) is 27.9 Å². The number of halogens is 3. The Bertz CT molecular complexity index is 1230. The molecule has 1 N–H and O–H groups in total. The minimum atomic E-state index is -1.05. The molecule has 1 aliphatic heterocycles. The fraction of sp³-hybridized carbons (Fsp3) is 0.333. The maximum Gasteiger partial charge on any atom is 0.274 e. The van der Waals surface area contributed by atoms with Crippen molar-refractivity contribution >= 4 is 17.2 Å². The van der Waals surface area contributed by atoms with Crippen LogP contribution >= 0.6 is 11.3 Å². The molecule has 0 radical (unpaired) electrons. The molecule has 11 heteroatoms. The molecular formula is C21H19F3N4O3S. The number of benzene rings is 1. The molecule has 168 valence electrons. The smallest absolute Gasteiger partial charge is 0.274 e. The molecule has 0 spiro atoms. The lowest BCUT2D eigenvalue weighted by molar-refractivity contribution is 0.0710. The highest BCUT2D eigenvalue weighted by molar-refractivity contribution is 7.14. The molecule has 1 amide bonds. The van der Waals surface area contributed by atoms with Gasteiger partial charge in [-0.15, -0.1) is 10.2 Å². The molecule has 0 saturated carbocycles. The molecule has 0 unspecified atom stereocenters. The zero-order chi connectivity index (χ0) is 23.0. The van der Waals surface area contributed by atoms with Crippen molar-refractivity contribution in [2.24, 2.45) is 7.05 Å². The summed E-state index contributed by atoms with van der Waals surface area (Å²) in [6, 6.07) is 1.15. The summed E-state index contributed by atoms with van der Waals surface area (Å²) in [6.45, 7) is 1.12. The molecule has 1 aromatic carbocycles. The van der Waals surface area contributed by atoms with Crippen molar-refractivity contribution in [3.63, 3.8) is 0 Å². The number of carbonyl (C=O) groups excluding carboxylic acids is 1. The van der Waals surface area contributed by atoms with Gasteiger partial charge < -0.3 is 14.6 Å². The Morgan fingerprint density at radius 3 is 2.44 bits per heavy atom. The van der Waals surface area contributed by atoms with E-state index in [1.54, 1.807) is 4.90 Å². The number of amides is 1. The monoisotopic (exact) mass is 464 g/mol. The summed E-state index contributed by atoms with van der Waals surface area (Å²) in [5, 5.41) is 18.6. The van der Waals surface area contributed by atoms with E-state index in [4.69, 9.17) is 0 Å². The summed E-state index contributed by atoms with van der Waals surface area (Å²) >= 11 is 0.907. The van der Waals surface area contributed by atoms with E-state index in [0.717, 1.165) is 30.6 Å². The highest BCUT2D eigenvalue weighted by Crippen LogP contribution is 2.27. The molecule has 0 atom stereocenters. The number of aromatic nitrogens is 3. The highest BCUT2D eigenvalue weighted by Gasteiger charge is 2.27. The van der Waals surface area contributed by atoms with Crippen LogP contribution in [0.4, 0.5) is 13.2 Å². The first kappa shape index (κ1) is 22.0. The minimum absolute atomic E-state index is 0.00370. The van der Waals surface area contributed by atoms with Gasteiger partial charge in [0.05, 0.1) is 5.56 Å². The molecule has 2 aromatic heterocycles. The number of carbonyl (C=O) groups is 1. The van der Waals surface area contributed by atoms with Crippen molar-refractivity contribution in [3.8, 4) is 16.3 Å². The fourth-order valence-electron chi connectivity index (χ4n) is 3.70. The first-order valence-electron chi connectivity index (χ1n) is 9.94. The predicted molar refractivity (Wildman–Crippen MR) is 111 cm³/mol. The zero-order valence-corrected chi connectivity index (χ0v) is 17.9. The third-order valence-corrected chi connectivity index (χ3v) is 6.29. The zero-order valence-electron chi connectivity index (χ0n) is 17.1. The van der Waals surface area contributed by atoms with Crippen LogP contribution in [0.2, 0.25) is 0 Å². The molecular weight excluding hydrogens is 445 g/mol. The van der Waals surface area contributed by atoms with Crippen LogP contribution in [0.15, 0.2) is 23.1 Å². The molecule has 3 heterocycles. The van der Waals surface area contributed by atoms with Gasteiger partial charge in [-0.2, -0.15) is 0 Å². The average molecular weight is 464 g/mol. The van der Waals surface area contributed by atoms with Crippen molar-refractivity contribution in [2.75, 3.05) is 13.1 Å². The van der Waals surface area contributed by atoms with Gasteiger partial charge in [0, 0.05) is 50.5 Å². The standard InChI is InChI=1S/C21H19F3N4O3S/c1-27-10-13(18(29)19(30)17(27)21(31)28-5-3-2-4-6-28)20-26-25-16(32-20)9-12-14(23)7-11(22)8-15(12)24/h7-8,10,30H,2-6,9H2,1H3. The van der Waals surface area contributed by atoms with Crippen molar-refractivity contribution in [1.29, 1.82) is 0 Å². The summed E-state index contributed by atoms with van der Waals surface area (Å²) in [5.74, 6) is -4.23. The lowest BCUT2D eigenvalue weighted by Gasteiger charge is -2.27. The number of pyridine rings is 1. The maximum atomic E-state index is 13.9. The van der Waals surface area contributed by atoms with E-state index in [0.29, 0.717) is 25.2 Å². The minimum Gasteiger partial charge on any atom is -0.503 e. The predicted octanol–water partition coefficient (Wildman–Crippen LogP) is 3.24. The average Bonchev–Trinajstić information content (AvgIpc) is 3.22. The van der Waals surface area contributed by atoms with Crippen molar-refractivity contribution < 1.29 is 23.1 Å². The number of rotatable bonds is 4. The molecule has 0 aliphatic carbocycles. The molecule has 32 heavy (non-hydrogen) atoms. The quantitative estimate of drug-likeness (QED) is 0.641. The van der Waals surface area contributed by atoms with E-state index in [1.807, 2.05) is 0 Å². The van der Waals surface area contributed by atoms with Gasteiger partial charge in [0.2, 0.25) is 5.43 Å². The lowest BCUT2D eigenvalue weighted by atomic mass is 10.1. The Morgan fingerprint density at radius 2 is 1.78 bits per heavy atom. The molecule has 3 aromatic rings. The Labute approximate surface area is 184 Å². The van der Waals surface area contributed by atoms with Crippen molar-refractivity contribution in [3.05, 3.63) is 62.3 Å². The number of aryl methyl sites for hydroxylation is 1. The number of likely N-dealkylation sites (tertiary alicyclic amines) is 1. The maximum absolute atomic E-state index is 13.9. The van der Waals surface area contributed by atoms with Crippen molar-refractivity contribution in [1.82, 2.24) is 19.7 Å². The third kappa shape index (κ3) is 4.12. The van der Waals surface area contributed by atoms with Gasteiger partial charge in [-0.05, 0) is 19.3 Å². The van der Waals surface area contributed by atoms with Crippen LogP contribution < -0.4 is 5.43 Å². The number of hydrogen-bond acceptors (Lipinski definition) is 6. The summed E-state index contributed by atoms with van der Waals surface area (Å²) < 4.78 is 42.3. The molecule has 1 saturated heterocycles. The second-order valence-electron chi connectivity index (χ2n) is 7.56. The first-order valence-corrected chi connectivity index (χ1v) is 10.8. The summed E-state index contributed by atoms with van der Waals surface area (Å²) in [7, 11) is 1.53. The van der Waals surface area contributed by atoms with Gasteiger partial charge in [-0.3, -0.25) is 9.59 Å². The summed E-state index contributed by atoms with van der Waals surface area (Å²) in [4.78, 5) is 27.2. The Morgan fingerprint density at radius 1 is 1.12 bits per heavy atom. The van der Waals surface area contributed by atoms with E-state index >= 15 is 0 Å². The normalized spacial score (nSPS) is 14.1. The number of aromatic hydroxyl groups is 1. The topological polar surface area (TPSA) is 88.3 Å². The summed E-state index contributed by atoms with van der Waals surface area (Å²) in [6.07, 6.45) is 3.84. The number of hydrogen-bond donors (Lipinski definition) is 1. The highest BCUT2D eigenvalue weighted by atomic mass is 32.1. The van der Waals surface area contributed by atoms with Gasteiger partial charge in [0.15, 0.2) is 16.5 Å². The van der Waals surface area contributed by atoms with E-state index in [2.05, 4.69) is 10.2 Å². The van der Waals surface area contributed by atoms with Crippen LogP contribution in [-0.4, -0.2) is 43.8 Å². The van der Waals surface area contributed by atoms with Crippen LogP contribution in [0, 0.1) is 17.5 Å². The number of nitrogens with zero attached hydrogens (tertiary/aromatic N) is 4. The van der Waals surface area contributed by atoms with E-state index in [1.165, 1.54) is 17.8 Å². The lowest BCUT2D eigenvalue weighted by Crippen LogP contribution is -2.37. The van der Waals surface area contributed by atoms with Gasteiger partial charge >= 0.3 is 0 Å². The van der Waals surface area contributed by atoms with Crippen LogP contribution in [0.3, 0.4) is 0 Å². The van der Waals surface area contributed by atoms with Gasteiger partial charge in [-0.1, -0.05) is 11.3 Å². The van der Waals surface area contributed by atoms with Crippen molar-refractivity contribution in [2.45, 2.75) is 25.7 Å². The molecule has 1 aliphatic rings. The second kappa shape index (κ2) is 8.73. The van der Waals surface area contributed by atoms with E-state index in [-0.39, 0.29) is 33.3 Å². The van der Waals surface area contributed by atoms with E-state index < -0.39 is 34.5 Å². The summed E-state index contributed by atoms with van der Waals surface area (Å²) in [5.41, 5.74) is -1.26. The fourth-order valence-corrected chi connectivity index (χ4v) is 4.55. The van der Waals surface area contributed by atoms with Crippen LogP contribution in [0.1, 0.15) is 40.3 Å². The SMILES string of the molecule is Cn1cc(-c2nnc(Cc3c(F)cc(F)cc3F)s2)c(=O)c(O)c1C(=O)N1CCCCC1. The second-order valence-corrected chi connectivity index (χ2v) is 8.62. The third-order valence-electron chi connectivity index (χ3n) is 5.34. The van der Waals surface area contributed by atoms with Crippen LogP contribution in [-0.2, 0) is 13.5 Å². The molecule has 1 fully saturated rings. The Hall–Kier alpha value is -3.21. The van der Waals surface area contributed by atoms with Gasteiger partial charge in [-0.25, -0.2) is 13.2 Å². The van der Waals surface area contributed by atoms with Crippen LogP contribution in [0.25, 0.3) is 10.6 Å². The van der Waals surface area contributed by atoms with Gasteiger partial charge in [0.25, 0.3) is 5.91 Å². The first-order chi connectivity index (χ1) is 15.3. The number of piperidine rings is 1. The Balaban J connectivity index is 1.65. The molecule has 0 bridgehead atoms. The van der Waals surface area contributed by atoms with Gasteiger partial charge in [0.1, 0.15) is 22.5 Å². The largest absolute Gasteiger partial charge is 0.503 e. The molecule has 4 rings (SSSR count). The Kier molecular flexibility index (Phi) is 6.00. The molecule has 7 nitrogen and oxygen atoms in total. The van der Waals surface area contributed by atoms with Crippen LogP contribution in [0.5, 0.6) is 5.75 Å².